The predicted octanol–water partition coefficient (Wildman–Crippen LogP) is 3.98. The van der Waals surface area contributed by atoms with Crippen molar-refractivity contribution in [1.82, 2.24) is 19.3 Å². The summed E-state index contributed by atoms with van der Waals surface area (Å²) in [5.41, 5.74) is 1.72. The minimum Gasteiger partial charge on any atom is -0.443 e. The first-order valence-corrected chi connectivity index (χ1v) is 7.93. The number of carbonyl (C=O) groups excluding carboxylic acids is 1. The van der Waals surface area contributed by atoms with E-state index in [1.807, 2.05) is 40.1 Å². The van der Waals surface area contributed by atoms with Gasteiger partial charge in [-0.05, 0) is 48.8 Å². The Morgan fingerprint density at radius 2 is 2.00 bits per heavy atom. The third kappa shape index (κ3) is 3.14. The molecule has 0 unspecified atom stereocenters. The summed E-state index contributed by atoms with van der Waals surface area (Å²) >= 11 is 3.35. The van der Waals surface area contributed by atoms with Gasteiger partial charge in [0.15, 0.2) is 0 Å². The van der Waals surface area contributed by atoms with Crippen LogP contribution in [0.15, 0.2) is 35.3 Å². The molecule has 3 heterocycles. The molecule has 120 valence electrons. The molecular formula is C16H17BrN4O2. The van der Waals surface area contributed by atoms with Crippen molar-refractivity contribution in [3.63, 3.8) is 0 Å². The number of fused-ring (bicyclic) bond motifs is 1. The quantitative estimate of drug-likeness (QED) is 0.602. The molecule has 0 saturated heterocycles. The maximum absolute atomic E-state index is 12.7. The van der Waals surface area contributed by atoms with E-state index in [-0.39, 0.29) is 0 Å². The lowest BCUT2D eigenvalue weighted by Gasteiger charge is -2.20. The predicted molar refractivity (Wildman–Crippen MR) is 91.3 cm³/mol. The van der Waals surface area contributed by atoms with E-state index in [1.165, 1.54) is 0 Å². The molecule has 0 radical (unpaired) electrons. The first kappa shape index (κ1) is 15.7. The van der Waals surface area contributed by atoms with E-state index >= 15 is 0 Å². The highest BCUT2D eigenvalue weighted by Gasteiger charge is 2.23. The molecule has 0 fully saturated rings. The van der Waals surface area contributed by atoms with E-state index in [1.54, 1.807) is 27.7 Å². The number of hydrogen-bond acceptors (Lipinski definition) is 4. The SMILES string of the molecule is Cn1cc(-c2cc3cnc(Br)cc3n2C(=O)OC(C)(C)C)cn1. The maximum atomic E-state index is 12.7. The molecule has 23 heavy (non-hydrogen) atoms. The van der Waals surface area contributed by atoms with Gasteiger partial charge in [-0.25, -0.2) is 14.3 Å². The van der Waals surface area contributed by atoms with Gasteiger partial charge in [-0.1, -0.05) is 0 Å². The lowest BCUT2D eigenvalue weighted by molar-refractivity contribution is 0.0547. The summed E-state index contributed by atoms with van der Waals surface area (Å²) in [6, 6.07) is 3.72. The molecule has 0 aliphatic carbocycles. The van der Waals surface area contributed by atoms with Crippen molar-refractivity contribution in [2.24, 2.45) is 7.05 Å². The van der Waals surface area contributed by atoms with Crippen LogP contribution >= 0.6 is 15.9 Å². The van der Waals surface area contributed by atoms with E-state index in [2.05, 4.69) is 26.0 Å². The summed E-state index contributed by atoms with van der Waals surface area (Å²) < 4.78 is 9.47. The summed E-state index contributed by atoms with van der Waals surface area (Å²) in [6.07, 6.45) is 4.87. The lowest BCUT2D eigenvalue weighted by atomic mass is 10.2. The van der Waals surface area contributed by atoms with Gasteiger partial charge < -0.3 is 4.74 Å². The van der Waals surface area contributed by atoms with Crippen molar-refractivity contribution in [2.75, 3.05) is 0 Å². The van der Waals surface area contributed by atoms with E-state index < -0.39 is 11.7 Å². The Bertz CT molecular complexity index is 889. The molecular weight excluding hydrogens is 360 g/mol. The Labute approximate surface area is 142 Å². The van der Waals surface area contributed by atoms with Crippen LogP contribution in [0.5, 0.6) is 0 Å². The van der Waals surface area contributed by atoms with E-state index in [4.69, 9.17) is 4.74 Å². The largest absolute Gasteiger partial charge is 0.443 e. The minimum atomic E-state index is -0.579. The highest BCUT2D eigenvalue weighted by atomic mass is 79.9. The highest BCUT2D eigenvalue weighted by Crippen LogP contribution is 2.30. The van der Waals surface area contributed by atoms with Gasteiger partial charge in [-0.3, -0.25) is 4.68 Å². The molecule has 3 rings (SSSR count). The van der Waals surface area contributed by atoms with E-state index in [0.717, 1.165) is 22.2 Å². The number of aromatic nitrogens is 4. The Morgan fingerprint density at radius 1 is 1.26 bits per heavy atom. The van der Waals surface area contributed by atoms with E-state index in [9.17, 15) is 4.79 Å². The molecule has 3 aromatic rings. The van der Waals surface area contributed by atoms with Gasteiger partial charge in [0, 0.05) is 30.4 Å². The van der Waals surface area contributed by atoms with Gasteiger partial charge in [0.1, 0.15) is 10.2 Å². The average molecular weight is 377 g/mol. The van der Waals surface area contributed by atoms with Gasteiger partial charge in [0.05, 0.1) is 17.4 Å². The Kier molecular flexibility index (Phi) is 3.75. The van der Waals surface area contributed by atoms with Crippen molar-refractivity contribution >= 4 is 32.9 Å². The molecule has 0 aliphatic rings. The molecule has 0 aliphatic heterocycles. The van der Waals surface area contributed by atoms with Crippen molar-refractivity contribution in [3.05, 3.63) is 35.3 Å². The van der Waals surface area contributed by atoms with Gasteiger partial charge in [-0.15, -0.1) is 0 Å². The molecule has 0 amide bonds. The Balaban J connectivity index is 2.23. The zero-order chi connectivity index (χ0) is 16.8. The second-order valence-electron chi connectivity index (χ2n) is 6.31. The summed E-state index contributed by atoms with van der Waals surface area (Å²) in [7, 11) is 1.84. The normalized spacial score (nSPS) is 11.9. The summed E-state index contributed by atoms with van der Waals surface area (Å²) in [5, 5.41) is 5.04. The topological polar surface area (TPSA) is 61.9 Å². The van der Waals surface area contributed by atoms with Crippen LogP contribution in [-0.2, 0) is 11.8 Å². The fourth-order valence-corrected chi connectivity index (χ4v) is 2.67. The zero-order valence-electron chi connectivity index (χ0n) is 13.4. The Hall–Kier alpha value is -2.15. The van der Waals surface area contributed by atoms with Crippen LogP contribution in [0.3, 0.4) is 0 Å². The molecule has 0 saturated carbocycles. The van der Waals surface area contributed by atoms with Crippen LogP contribution < -0.4 is 0 Å². The monoisotopic (exact) mass is 376 g/mol. The van der Waals surface area contributed by atoms with Gasteiger partial charge >= 0.3 is 6.09 Å². The molecule has 0 bridgehead atoms. The number of nitrogens with zero attached hydrogens (tertiary/aromatic N) is 4. The van der Waals surface area contributed by atoms with Crippen LogP contribution in [0.4, 0.5) is 4.79 Å². The van der Waals surface area contributed by atoms with Crippen molar-refractivity contribution in [1.29, 1.82) is 0 Å². The first-order valence-electron chi connectivity index (χ1n) is 7.14. The molecule has 0 spiro atoms. The average Bonchev–Trinajstić information content (AvgIpc) is 2.99. The summed E-state index contributed by atoms with van der Waals surface area (Å²) in [6.45, 7) is 5.54. The standard InChI is InChI=1S/C16H17BrN4O2/c1-16(2,3)23-15(22)21-12(11-8-19-20(4)9-11)5-10-7-18-14(17)6-13(10)21/h5-9H,1-4H3. The Morgan fingerprint density at radius 3 is 2.61 bits per heavy atom. The van der Waals surface area contributed by atoms with E-state index in [0.29, 0.717) is 4.60 Å². The third-order valence-electron chi connectivity index (χ3n) is 3.23. The number of rotatable bonds is 1. The van der Waals surface area contributed by atoms with Crippen molar-refractivity contribution in [3.8, 4) is 11.3 Å². The van der Waals surface area contributed by atoms with Crippen molar-refractivity contribution in [2.45, 2.75) is 26.4 Å². The molecule has 3 aromatic heterocycles. The fraction of sp³-hybridized carbons (Fsp3) is 0.312. The van der Waals surface area contributed by atoms with Gasteiger partial charge in [-0.2, -0.15) is 5.10 Å². The third-order valence-corrected chi connectivity index (χ3v) is 3.66. The number of ether oxygens (including phenoxy) is 1. The molecule has 0 atom stereocenters. The van der Waals surface area contributed by atoms with Crippen LogP contribution in [0, 0.1) is 0 Å². The number of carbonyl (C=O) groups is 1. The number of pyridine rings is 1. The second-order valence-corrected chi connectivity index (χ2v) is 7.13. The molecule has 7 heteroatoms. The van der Waals surface area contributed by atoms with Crippen LogP contribution in [-0.4, -0.2) is 31.0 Å². The number of hydrogen-bond donors (Lipinski definition) is 0. The van der Waals surface area contributed by atoms with Crippen LogP contribution in [0.1, 0.15) is 20.8 Å². The minimum absolute atomic E-state index is 0.426. The zero-order valence-corrected chi connectivity index (χ0v) is 15.0. The second kappa shape index (κ2) is 5.49. The summed E-state index contributed by atoms with van der Waals surface area (Å²) in [4.78, 5) is 17.0. The van der Waals surface area contributed by atoms with Crippen molar-refractivity contribution < 1.29 is 9.53 Å². The van der Waals surface area contributed by atoms with Crippen LogP contribution in [0.2, 0.25) is 0 Å². The molecule has 6 nitrogen and oxygen atoms in total. The maximum Gasteiger partial charge on any atom is 0.419 e. The molecule has 0 aromatic carbocycles. The molecule has 0 N–H and O–H groups in total. The van der Waals surface area contributed by atoms with Crippen LogP contribution in [0.25, 0.3) is 22.2 Å². The van der Waals surface area contributed by atoms with Gasteiger partial charge in [0.2, 0.25) is 0 Å². The lowest BCUT2D eigenvalue weighted by Crippen LogP contribution is -2.27. The van der Waals surface area contributed by atoms with Gasteiger partial charge in [0.25, 0.3) is 0 Å². The first-order chi connectivity index (χ1) is 10.7. The fourth-order valence-electron chi connectivity index (χ4n) is 2.35. The highest BCUT2D eigenvalue weighted by molar-refractivity contribution is 9.10. The number of aryl methyl sites for hydroxylation is 1. The smallest absolute Gasteiger partial charge is 0.419 e. The number of halogens is 1. The summed E-state index contributed by atoms with van der Waals surface area (Å²) in [5.74, 6) is 0.